The van der Waals surface area contributed by atoms with Crippen LogP contribution in [0.2, 0.25) is 10.0 Å². The molecular weight excluding hydrogens is 593 g/mol. The molecule has 0 atom stereocenters. The van der Waals surface area contributed by atoms with E-state index in [4.69, 9.17) is 28.2 Å². The van der Waals surface area contributed by atoms with Gasteiger partial charge in [0.1, 0.15) is 11.6 Å². The third-order valence-electron chi connectivity index (χ3n) is 7.90. The van der Waals surface area contributed by atoms with Crippen molar-refractivity contribution < 1.29 is 13.6 Å². The molecule has 0 aliphatic carbocycles. The van der Waals surface area contributed by atoms with Gasteiger partial charge in [-0.2, -0.15) is 0 Å². The van der Waals surface area contributed by atoms with Gasteiger partial charge in [-0.05, 0) is 69.4 Å². The van der Waals surface area contributed by atoms with E-state index in [-0.39, 0.29) is 29.7 Å². The number of amides is 1. The Bertz CT molecular complexity index is 1730. The zero-order valence-electron chi connectivity index (χ0n) is 23.5. The largest absolute Gasteiger partial charge is 0.338 e. The summed E-state index contributed by atoms with van der Waals surface area (Å²) in [4.78, 5) is 31.0. The Hall–Kier alpha value is -3.92. The van der Waals surface area contributed by atoms with E-state index in [0.29, 0.717) is 62.8 Å². The number of carbonyl (C=O) groups excluding carboxylic acids is 1. The second kappa shape index (κ2) is 12.0. The molecular formula is C32H28Cl2F2N6O. The van der Waals surface area contributed by atoms with Gasteiger partial charge in [0.15, 0.2) is 0 Å². The molecule has 7 nitrogen and oxygen atoms in total. The van der Waals surface area contributed by atoms with Gasteiger partial charge in [-0.3, -0.25) is 9.79 Å². The number of piperidine rings is 1. The molecule has 4 aromatic rings. The highest BCUT2D eigenvalue weighted by Crippen LogP contribution is 2.35. The first-order valence-corrected chi connectivity index (χ1v) is 14.6. The van der Waals surface area contributed by atoms with Crippen molar-refractivity contribution in [3.63, 3.8) is 0 Å². The molecule has 0 unspecified atom stereocenters. The van der Waals surface area contributed by atoms with Crippen LogP contribution < -0.4 is 5.32 Å². The van der Waals surface area contributed by atoms with Crippen molar-refractivity contribution in [1.82, 2.24) is 19.8 Å². The number of benzene rings is 3. The Labute approximate surface area is 258 Å². The van der Waals surface area contributed by atoms with Crippen LogP contribution in [0.3, 0.4) is 0 Å². The average molecular weight is 622 g/mol. The normalized spacial score (nSPS) is 15.0. The number of hydrogen-bond donors (Lipinski definition) is 1. The molecule has 1 aromatic heterocycles. The molecule has 0 bridgehead atoms. The maximum Gasteiger partial charge on any atom is 0.255 e. The molecule has 6 rings (SSSR count). The van der Waals surface area contributed by atoms with Crippen molar-refractivity contribution in [2.24, 2.45) is 4.99 Å². The predicted octanol–water partition coefficient (Wildman–Crippen LogP) is 6.99. The molecule has 1 fully saturated rings. The van der Waals surface area contributed by atoms with E-state index in [2.05, 4.69) is 34.3 Å². The molecule has 2 aliphatic heterocycles. The second-order valence-electron chi connectivity index (χ2n) is 10.8. The maximum absolute atomic E-state index is 14.8. The number of aromatic nitrogens is 2. The molecule has 0 spiro atoms. The fourth-order valence-electron chi connectivity index (χ4n) is 5.57. The van der Waals surface area contributed by atoms with Crippen LogP contribution in [0.4, 0.5) is 20.4 Å². The lowest BCUT2D eigenvalue weighted by Gasteiger charge is -2.35. The zero-order valence-corrected chi connectivity index (χ0v) is 25.1. The topological polar surface area (TPSA) is 73.7 Å². The Morgan fingerprint density at radius 1 is 1.00 bits per heavy atom. The van der Waals surface area contributed by atoms with Crippen LogP contribution in [0.5, 0.6) is 0 Å². The molecule has 1 amide bonds. The predicted molar refractivity (Wildman–Crippen MR) is 166 cm³/mol. The molecule has 220 valence electrons. The third kappa shape index (κ3) is 5.85. The molecule has 1 saturated heterocycles. The molecule has 1 N–H and O–H groups in total. The summed E-state index contributed by atoms with van der Waals surface area (Å²) in [5.74, 6) is -1.25. The van der Waals surface area contributed by atoms with E-state index in [9.17, 15) is 13.6 Å². The van der Waals surface area contributed by atoms with E-state index in [1.165, 1.54) is 18.2 Å². The minimum absolute atomic E-state index is 0.0904. The lowest BCUT2D eigenvalue weighted by molar-refractivity contribution is 0.0663. The van der Waals surface area contributed by atoms with Gasteiger partial charge < -0.3 is 15.1 Å². The molecule has 3 heterocycles. The number of halogens is 4. The van der Waals surface area contributed by atoms with Gasteiger partial charge in [0.25, 0.3) is 5.91 Å². The molecule has 43 heavy (non-hydrogen) atoms. The first kappa shape index (κ1) is 29.2. The number of aliphatic imine (C=N–C) groups is 1. The monoisotopic (exact) mass is 620 g/mol. The zero-order chi connectivity index (χ0) is 30.2. The molecule has 11 heteroatoms. The summed E-state index contributed by atoms with van der Waals surface area (Å²) in [7, 11) is 4.12. The molecule has 2 aliphatic rings. The number of likely N-dealkylation sites (tertiary alicyclic amines) is 1. The van der Waals surface area contributed by atoms with Crippen LogP contribution >= 0.6 is 23.2 Å². The third-order valence-corrected chi connectivity index (χ3v) is 8.45. The van der Waals surface area contributed by atoms with Gasteiger partial charge in [-0.15, -0.1) is 0 Å². The first-order valence-electron chi connectivity index (χ1n) is 13.9. The smallest absolute Gasteiger partial charge is 0.255 e. The summed E-state index contributed by atoms with van der Waals surface area (Å²) in [6, 6.07) is 14.4. The van der Waals surface area contributed by atoms with Gasteiger partial charge in [-0.1, -0.05) is 35.3 Å². The SMILES string of the molecule is CN(C)C1CCN(C(=O)c2ccc(Nc3ncc4c(n3)-c3ccc(Cl)cc3C(c3c(F)cccc3F)=NC4)cc2Cl)CC1. The number of anilines is 2. The van der Waals surface area contributed by atoms with Crippen molar-refractivity contribution in [1.29, 1.82) is 0 Å². The van der Waals surface area contributed by atoms with Crippen LogP contribution in [0, 0.1) is 11.6 Å². The fraction of sp³-hybridized carbons (Fsp3) is 0.250. The Balaban J connectivity index is 1.27. The lowest BCUT2D eigenvalue weighted by Crippen LogP contribution is -2.44. The van der Waals surface area contributed by atoms with Gasteiger partial charge in [0, 0.05) is 52.7 Å². The number of fused-ring (bicyclic) bond motifs is 3. The lowest BCUT2D eigenvalue weighted by atomic mass is 9.95. The average Bonchev–Trinajstić information content (AvgIpc) is 3.13. The fourth-order valence-corrected chi connectivity index (χ4v) is 6.01. The molecule has 3 aromatic carbocycles. The van der Waals surface area contributed by atoms with E-state index in [1.807, 2.05) is 4.90 Å². The van der Waals surface area contributed by atoms with Crippen molar-refractivity contribution >= 4 is 46.5 Å². The summed E-state index contributed by atoms with van der Waals surface area (Å²) in [6.45, 7) is 1.48. The summed E-state index contributed by atoms with van der Waals surface area (Å²) >= 11 is 12.9. The highest BCUT2D eigenvalue weighted by Gasteiger charge is 2.27. The summed E-state index contributed by atoms with van der Waals surface area (Å²) in [5.41, 5.74) is 3.27. The number of carbonyl (C=O) groups is 1. The highest BCUT2D eigenvalue weighted by atomic mass is 35.5. The van der Waals surface area contributed by atoms with E-state index in [0.717, 1.165) is 12.8 Å². The van der Waals surface area contributed by atoms with Crippen molar-refractivity contribution in [3.8, 4) is 11.3 Å². The van der Waals surface area contributed by atoms with E-state index in [1.54, 1.807) is 42.6 Å². The van der Waals surface area contributed by atoms with Crippen molar-refractivity contribution in [3.05, 3.63) is 105 Å². The van der Waals surface area contributed by atoms with Crippen molar-refractivity contribution in [2.75, 3.05) is 32.5 Å². The number of nitrogens with zero attached hydrogens (tertiary/aromatic N) is 5. The maximum atomic E-state index is 14.8. The van der Waals surface area contributed by atoms with Crippen LogP contribution in [0.25, 0.3) is 11.3 Å². The van der Waals surface area contributed by atoms with E-state index >= 15 is 0 Å². The van der Waals surface area contributed by atoms with Gasteiger partial charge >= 0.3 is 0 Å². The molecule has 0 saturated carbocycles. The Morgan fingerprint density at radius 3 is 2.44 bits per heavy atom. The summed E-state index contributed by atoms with van der Waals surface area (Å²) in [6.07, 6.45) is 3.47. The summed E-state index contributed by atoms with van der Waals surface area (Å²) < 4.78 is 29.7. The van der Waals surface area contributed by atoms with Crippen molar-refractivity contribution in [2.45, 2.75) is 25.4 Å². The Kier molecular flexibility index (Phi) is 8.13. The molecule has 0 radical (unpaired) electrons. The van der Waals surface area contributed by atoms with Gasteiger partial charge in [0.2, 0.25) is 5.95 Å². The number of rotatable bonds is 5. The second-order valence-corrected chi connectivity index (χ2v) is 11.7. The highest BCUT2D eigenvalue weighted by molar-refractivity contribution is 6.34. The van der Waals surface area contributed by atoms with E-state index < -0.39 is 11.6 Å². The van der Waals surface area contributed by atoms with Crippen LogP contribution in [-0.2, 0) is 6.54 Å². The quantitative estimate of drug-likeness (QED) is 0.260. The van der Waals surface area contributed by atoms with Crippen LogP contribution in [0.15, 0.2) is 65.8 Å². The van der Waals surface area contributed by atoms with Gasteiger partial charge in [0.05, 0.1) is 34.1 Å². The minimum Gasteiger partial charge on any atom is -0.338 e. The van der Waals surface area contributed by atoms with Crippen LogP contribution in [0.1, 0.15) is 39.9 Å². The number of nitrogens with one attached hydrogen (secondary N) is 1. The summed E-state index contributed by atoms with van der Waals surface area (Å²) in [5, 5.41) is 3.88. The Morgan fingerprint density at radius 2 is 1.74 bits per heavy atom. The number of hydrogen-bond acceptors (Lipinski definition) is 6. The first-order chi connectivity index (χ1) is 20.7. The minimum atomic E-state index is -0.721. The van der Waals surface area contributed by atoms with Gasteiger partial charge in [-0.25, -0.2) is 18.7 Å². The van der Waals surface area contributed by atoms with Crippen LogP contribution in [-0.4, -0.2) is 64.6 Å². The standard InChI is InChI=1S/C32H28Cl2F2N6O/c1-41(2)21-10-12-42(13-11-21)31(43)23-9-7-20(15-25(23)34)39-32-38-17-18-16-37-30(28-26(35)4-3-5-27(28)36)24-14-19(33)6-8-22(24)29(18)40-32/h3-9,14-15,17,21H,10-13,16H2,1-2H3,(H,38,39,40).